The van der Waals surface area contributed by atoms with Crippen molar-refractivity contribution in [1.29, 1.82) is 5.26 Å². The predicted molar refractivity (Wildman–Crippen MR) is 63.0 cm³/mol. The van der Waals surface area contributed by atoms with Gasteiger partial charge in [0.2, 0.25) is 0 Å². The van der Waals surface area contributed by atoms with E-state index in [1.165, 1.54) is 0 Å². The summed E-state index contributed by atoms with van der Waals surface area (Å²) in [5.74, 6) is 0. The lowest BCUT2D eigenvalue weighted by Gasteiger charge is -1.96. The Labute approximate surface area is 87.4 Å². The van der Waals surface area contributed by atoms with E-state index in [0.29, 0.717) is 11.3 Å². The van der Waals surface area contributed by atoms with E-state index in [9.17, 15) is 0 Å². The fraction of sp³-hybridized carbons (Fsp3) is 0.417. The van der Waals surface area contributed by atoms with E-state index in [1.54, 1.807) is 18.2 Å². The molecule has 0 atom stereocenters. The SMILES string of the molecule is CC.CC.Cc1cc(N)ccc1C#N. The fourth-order valence-electron chi connectivity index (χ4n) is 0.812. The Morgan fingerprint density at radius 3 is 2.00 bits per heavy atom. The molecule has 2 nitrogen and oxygen atoms in total. The standard InChI is InChI=1S/C8H8N2.2C2H6/c1-6-4-8(10)3-2-7(6)5-9;2*1-2/h2-4H,10H2,1H3;2*1-2H3. The van der Waals surface area contributed by atoms with Crippen LogP contribution >= 0.6 is 0 Å². The highest BCUT2D eigenvalue weighted by atomic mass is 14.5. The minimum absolute atomic E-state index is 0.689. The first-order valence-corrected chi connectivity index (χ1v) is 5.00. The number of aryl methyl sites for hydroxylation is 1. The van der Waals surface area contributed by atoms with Gasteiger partial charge in [0.15, 0.2) is 0 Å². The summed E-state index contributed by atoms with van der Waals surface area (Å²) in [7, 11) is 0. The molecular formula is C12H20N2. The molecule has 0 aliphatic heterocycles. The first kappa shape index (κ1) is 15.0. The summed E-state index contributed by atoms with van der Waals surface area (Å²) in [4.78, 5) is 0. The monoisotopic (exact) mass is 192 g/mol. The van der Waals surface area contributed by atoms with Gasteiger partial charge in [0.05, 0.1) is 11.6 Å². The molecule has 0 fully saturated rings. The third kappa shape index (κ3) is 5.21. The lowest BCUT2D eigenvalue weighted by Crippen LogP contribution is -1.87. The van der Waals surface area contributed by atoms with E-state index >= 15 is 0 Å². The van der Waals surface area contributed by atoms with E-state index in [2.05, 4.69) is 6.07 Å². The first-order valence-electron chi connectivity index (χ1n) is 5.00. The molecule has 0 unspecified atom stereocenters. The minimum atomic E-state index is 0.689. The molecule has 0 bridgehead atoms. The molecule has 1 aromatic carbocycles. The third-order valence-corrected chi connectivity index (χ3v) is 1.37. The van der Waals surface area contributed by atoms with Crippen LogP contribution in [0.15, 0.2) is 18.2 Å². The first-order chi connectivity index (χ1) is 6.74. The molecule has 0 aliphatic rings. The van der Waals surface area contributed by atoms with Crippen molar-refractivity contribution in [3.05, 3.63) is 29.3 Å². The van der Waals surface area contributed by atoms with Gasteiger partial charge < -0.3 is 5.73 Å². The van der Waals surface area contributed by atoms with Crippen molar-refractivity contribution in [2.24, 2.45) is 0 Å². The number of rotatable bonds is 0. The molecule has 1 rings (SSSR count). The van der Waals surface area contributed by atoms with Gasteiger partial charge in [0.25, 0.3) is 0 Å². The molecule has 0 heterocycles. The van der Waals surface area contributed by atoms with Gasteiger partial charge in [0.1, 0.15) is 0 Å². The molecule has 0 amide bonds. The highest BCUT2D eigenvalue weighted by molar-refractivity contribution is 5.48. The van der Waals surface area contributed by atoms with Gasteiger partial charge in [-0.25, -0.2) is 0 Å². The van der Waals surface area contributed by atoms with Crippen LogP contribution in [0.4, 0.5) is 5.69 Å². The van der Waals surface area contributed by atoms with Gasteiger partial charge in [-0.15, -0.1) is 0 Å². The van der Waals surface area contributed by atoms with E-state index in [-0.39, 0.29) is 0 Å². The zero-order valence-corrected chi connectivity index (χ0v) is 9.76. The Hall–Kier alpha value is -1.49. The summed E-state index contributed by atoms with van der Waals surface area (Å²) in [6.07, 6.45) is 0. The van der Waals surface area contributed by atoms with Gasteiger partial charge >= 0.3 is 0 Å². The number of hydrogen-bond donors (Lipinski definition) is 1. The van der Waals surface area contributed by atoms with Gasteiger partial charge in [-0.3, -0.25) is 0 Å². The van der Waals surface area contributed by atoms with Crippen LogP contribution in [0.3, 0.4) is 0 Å². The fourth-order valence-corrected chi connectivity index (χ4v) is 0.812. The van der Waals surface area contributed by atoms with Gasteiger partial charge in [-0.1, -0.05) is 27.7 Å². The molecule has 0 radical (unpaired) electrons. The number of benzene rings is 1. The molecule has 0 aromatic heterocycles. The normalized spacial score (nSPS) is 7.14. The van der Waals surface area contributed by atoms with Crippen LogP contribution in [0, 0.1) is 18.3 Å². The Bertz CT molecular complexity index is 285. The number of nitrogens with two attached hydrogens (primary N) is 1. The Morgan fingerprint density at radius 1 is 1.14 bits per heavy atom. The van der Waals surface area contributed by atoms with Crippen LogP contribution in [0.1, 0.15) is 38.8 Å². The average Bonchev–Trinajstić information content (AvgIpc) is 2.24. The van der Waals surface area contributed by atoms with Crippen molar-refractivity contribution in [3.8, 4) is 6.07 Å². The van der Waals surface area contributed by atoms with Crippen LogP contribution in [0.5, 0.6) is 0 Å². The molecule has 2 heteroatoms. The van der Waals surface area contributed by atoms with Crippen molar-refractivity contribution < 1.29 is 0 Å². The van der Waals surface area contributed by atoms with Crippen LogP contribution < -0.4 is 5.73 Å². The lowest BCUT2D eigenvalue weighted by atomic mass is 10.1. The summed E-state index contributed by atoms with van der Waals surface area (Å²) >= 11 is 0. The van der Waals surface area contributed by atoms with Gasteiger partial charge in [-0.2, -0.15) is 5.26 Å². The summed E-state index contributed by atoms with van der Waals surface area (Å²) in [5, 5.41) is 8.52. The molecule has 0 saturated heterocycles. The number of nitrogens with zero attached hydrogens (tertiary/aromatic N) is 1. The maximum Gasteiger partial charge on any atom is 0.0994 e. The predicted octanol–water partition coefficient (Wildman–Crippen LogP) is 3.50. The van der Waals surface area contributed by atoms with Crippen molar-refractivity contribution in [2.75, 3.05) is 5.73 Å². The minimum Gasteiger partial charge on any atom is -0.399 e. The Kier molecular flexibility index (Phi) is 10.3. The molecule has 2 N–H and O–H groups in total. The molecule has 78 valence electrons. The molecular weight excluding hydrogens is 172 g/mol. The molecule has 1 aromatic rings. The van der Waals surface area contributed by atoms with Crippen molar-refractivity contribution in [2.45, 2.75) is 34.6 Å². The number of hydrogen-bond acceptors (Lipinski definition) is 2. The van der Waals surface area contributed by atoms with E-state index in [1.807, 2.05) is 34.6 Å². The van der Waals surface area contributed by atoms with Crippen molar-refractivity contribution in [3.63, 3.8) is 0 Å². The largest absolute Gasteiger partial charge is 0.399 e. The highest BCUT2D eigenvalue weighted by Gasteiger charge is 1.94. The zero-order valence-electron chi connectivity index (χ0n) is 9.76. The van der Waals surface area contributed by atoms with E-state index in [4.69, 9.17) is 11.0 Å². The second-order valence-corrected chi connectivity index (χ2v) is 2.19. The van der Waals surface area contributed by atoms with Gasteiger partial charge in [-0.05, 0) is 30.7 Å². The average molecular weight is 192 g/mol. The van der Waals surface area contributed by atoms with Crippen molar-refractivity contribution in [1.82, 2.24) is 0 Å². The second-order valence-electron chi connectivity index (χ2n) is 2.19. The van der Waals surface area contributed by atoms with Crippen LogP contribution in [0.2, 0.25) is 0 Å². The van der Waals surface area contributed by atoms with E-state index in [0.717, 1.165) is 5.56 Å². The molecule has 0 saturated carbocycles. The molecule has 0 aliphatic carbocycles. The number of nitriles is 1. The Morgan fingerprint density at radius 2 is 1.64 bits per heavy atom. The maximum atomic E-state index is 8.52. The highest BCUT2D eigenvalue weighted by Crippen LogP contribution is 2.10. The van der Waals surface area contributed by atoms with Crippen molar-refractivity contribution >= 4 is 5.69 Å². The maximum absolute atomic E-state index is 8.52. The summed E-state index contributed by atoms with van der Waals surface area (Å²) in [6, 6.07) is 7.31. The Balaban J connectivity index is 0. The van der Waals surface area contributed by atoms with Crippen LogP contribution in [0.25, 0.3) is 0 Å². The summed E-state index contributed by atoms with van der Waals surface area (Å²) < 4.78 is 0. The summed E-state index contributed by atoms with van der Waals surface area (Å²) in [6.45, 7) is 9.87. The second kappa shape index (κ2) is 9.60. The topological polar surface area (TPSA) is 49.8 Å². The number of anilines is 1. The molecule has 14 heavy (non-hydrogen) atoms. The smallest absolute Gasteiger partial charge is 0.0994 e. The van der Waals surface area contributed by atoms with E-state index < -0.39 is 0 Å². The van der Waals surface area contributed by atoms with Crippen LogP contribution in [-0.4, -0.2) is 0 Å². The lowest BCUT2D eigenvalue weighted by molar-refractivity contribution is 1.40. The summed E-state index contributed by atoms with van der Waals surface area (Å²) in [5.41, 5.74) is 7.80. The molecule has 0 spiro atoms. The quantitative estimate of drug-likeness (QED) is 0.639. The van der Waals surface area contributed by atoms with Crippen LogP contribution in [-0.2, 0) is 0 Å². The number of nitrogen functional groups attached to an aromatic ring is 1. The van der Waals surface area contributed by atoms with Gasteiger partial charge in [0, 0.05) is 5.69 Å². The zero-order chi connectivity index (χ0) is 11.6. The third-order valence-electron chi connectivity index (χ3n) is 1.37.